The molecule has 12 heteroatoms. The quantitative estimate of drug-likeness (QED) is 0.328. The number of aromatic nitrogens is 4. The normalized spacial score (nSPS) is 10.2. The molecule has 0 saturated heterocycles. The molecule has 2 aromatic heterocycles. The van der Waals surface area contributed by atoms with E-state index in [4.69, 9.17) is 0 Å². The second-order valence-electron chi connectivity index (χ2n) is 6.27. The van der Waals surface area contributed by atoms with Gasteiger partial charge in [0, 0.05) is 22.5 Å². The molecule has 0 aliphatic heterocycles. The molecular weight excluding hydrogens is 392 g/mol. The average molecular weight is 410 g/mol. The molecule has 0 radical (unpaired) electrons. The number of rotatable bonds is 4. The van der Waals surface area contributed by atoms with E-state index in [2.05, 4.69) is 42.1 Å². The van der Waals surface area contributed by atoms with Gasteiger partial charge in [0.15, 0.2) is 11.4 Å². The average Bonchev–Trinajstić information content (AvgIpc) is 3.38. The number of aromatic amines is 2. The molecule has 2 heterocycles. The number of carbonyl (C=O) groups excluding carboxylic acids is 4. The molecule has 0 aliphatic rings. The fourth-order valence-electron chi connectivity index (χ4n) is 2.34. The van der Waals surface area contributed by atoms with Gasteiger partial charge in [0.25, 0.3) is 23.6 Å². The molecule has 3 rings (SSSR count). The zero-order chi connectivity index (χ0) is 21.7. The lowest BCUT2D eigenvalue weighted by molar-refractivity contribution is 0.0842. The van der Waals surface area contributed by atoms with Crippen molar-refractivity contribution in [1.29, 1.82) is 0 Å². The van der Waals surface area contributed by atoms with E-state index >= 15 is 0 Å². The monoisotopic (exact) mass is 410 g/mol. The Bertz CT molecular complexity index is 1010. The minimum atomic E-state index is -0.579. The molecule has 0 fully saturated rings. The molecule has 12 nitrogen and oxygen atoms in total. The number of nitrogens with zero attached hydrogens (tertiary/aromatic N) is 2. The Balaban J connectivity index is 1.50. The van der Waals surface area contributed by atoms with Crippen LogP contribution in [0.3, 0.4) is 0 Å². The maximum Gasteiger partial charge on any atom is 0.290 e. The molecule has 3 aromatic rings. The zero-order valence-corrected chi connectivity index (χ0v) is 16.0. The molecule has 0 aliphatic carbocycles. The standard InChI is InChI=1S/C18H18N8O4/c1-9-7-13(21-19-9)17(29)25-23-15(27)11-3-5-12(6-4-11)16(28)24-26-18(30)14-8-10(2)20-22-14/h3-8H,1-2H3,(H,19,21)(H,20,22)(H,23,27)(H,24,28)(H,25,29)(H,26,30). The van der Waals surface area contributed by atoms with Crippen LogP contribution in [0.15, 0.2) is 36.4 Å². The molecule has 0 atom stereocenters. The molecular formula is C18H18N8O4. The summed E-state index contributed by atoms with van der Waals surface area (Å²) in [7, 11) is 0. The highest BCUT2D eigenvalue weighted by atomic mass is 16.2. The molecule has 0 saturated carbocycles. The van der Waals surface area contributed by atoms with E-state index in [1.807, 2.05) is 0 Å². The Hall–Kier alpha value is -4.48. The van der Waals surface area contributed by atoms with Gasteiger partial charge in [0.1, 0.15) is 0 Å². The van der Waals surface area contributed by atoms with Crippen LogP contribution in [0.4, 0.5) is 0 Å². The van der Waals surface area contributed by atoms with Crippen molar-refractivity contribution in [3.05, 3.63) is 70.3 Å². The number of amides is 4. The molecule has 4 amide bonds. The largest absolute Gasteiger partial charge is 0.290 e. The highest BCUT2D eigenvalue weighted by Gasteiger charge is 2.14. The number of aryl methyl sites for hydroxylation is 2. The van der Waals surface area contributed by atoms with E-state index in [1.54, 1.807) is 13.8 Å². The first kappa shape index (κ1) is 20.3. The van der Waals surface area contributed by atoms with Gasteiger partial charge in [-0.25, -0.2) is 0 Å². The van der Waals surface area contributed by atoms with Gasteiger partial charge in [0.05, 0.1) is 0 Å². The third kappa shape index (κ3) is 4.86. The van der Waals surface area contributed by atoms with Crippen molar-refractivity contribution in [2.75, 3.05) is 0 Å². The maximum absolute atomic E-state index is 12.1. The number of hydrazine groups is 2. The summed E-state index contributed by atoms with van der Waals surface area (Å²) in [6.07, 6.45) is 0. The van der Waals surface area contributed by atoms with Crippen molar-refractivity contribution in [3.63, 3.8) is 0 Å². The highest BCUT2D eigenvalue weighted by molar-refractivity contribution is 6.00. The third-order valence-corrected chi connectivity index (χ3v) is 3.87. The van der Waals surface area contributed by atoms with Crippen LogP contribution in [-0.4, -0.2) is 44.0 Å². The van der Waals surface area contributed by atoms with Crippen molar-refractivity contribution >= 4 is 23.6 Å². The molecule has 1 aromatic carbocycles. The molecule has 0 spiro atoms. The van der Waals surface area contributed by atoms with Gasteiger partial charge >= 0.3 is 0 Å². The first-order valence-corrected chi connectivity index (χ1v) is 8.69. The number of hydrogen-bond acceptors (Lipinski definition) is 6. The van der Waals surface area contributed by atoms with Crippen LogP contribution < -0.4 is 21.7 Å². The summed E-state index contributed by atoms with van der Waals surface area (Å²) < 4.78 is 0. The fraction of sp³-hybridized carbons (Fsp3) is 0.111. The predicted octanol–water partition coefficient (Wildman–Crippen LogP) is -0.101. The second-order valence-corrected chi connectivity index (χ2v) is 6.27. The minimum absolute atomic E-state index is 0.131. The van der Waals surface area contributed by atoms with Crippen molar-refractivity contribution in [2.45, 2.75) is 13.8 Å². The van der Waals surface area contributed by atoms with Crippen LogP contribution in [0.5, 0.6) is 0 Å². The van der Waals surface area contributed by atoms with Crippen LogP contribution in [0.2, 0.25) is 0 Å². The van der Waals surface area contributed by atoms with Crippen LogP contribution in [0.25, 0.3) is 0 Å². The maximum atomic E-state index is 12.1. The lowest BCUT2D eigenvalue weighted by Crippen LogP contribution is -2.42. The summed E-state index contributed by atoms with van der Waals surface area (Å²) in [5.41, 5.74) is 11.1. The van der Waals surface area contributed by atoms with E-state index in [0.29, 0.717) is 11.4 Å². The van der Waals surface area contributed by atoms with Crippen LogP contribution in [0.1, 0.15) is 53.1 Å². The van der Waals surface area contributed by atoms with E-state index in [1.165, 1.54) is 36.4 Å². The smallest absolute Gasteiger partial charge is 0.282 e. The van der Waals surface area contributed by atoms with Gasteiger partial charge < -0.3 is 0 Å². The summed E-state index contributed by atoms with van der Waals surface area (Å²) in [5.74, 6) is -2.31. The Morgan fingerprint density at radius 2 is 0.967 bits per heavy atom. The summed E-state index contributed by atoms with van der Waals surface area (Å²) in [4.78, 5) is 48.0. The third-order valence-electron chi connectivity index (χ3n) is 3.87. The first-order chi connectivity index (χ1) is 14.3. The number of hydrogen-bond donors (Lipinski definition) is 6. The minimum Gasteiger partial charge on any atom is -0.282 e. The Labute approximate surface area is 169 Å². The van der Waals surface area contributed by atoms with Crippen molar-refractivity contribution in [1.82, 2.24) is 42.1 Å². The van der Waals surface area contributed by atoms with E-state index in [9.17, 15) is 19.2 Å². The summed E-state index contributed by atoms with van der Waals surface area (Å²) in [6, 6.07) is 8.64. The summed E-state index contributed by atoms with van der Waals surface area (Å²) in [6.45, 7) is 3.48. The lowest BCUT2D eigenvalue weighted by atomic mass is 10.1. The highest BCUT2D eigenvalue weighted by Crippen LogP contribution is 2.05. The SMILES string of the molecule is Cc1cc(C(=O)NNC(=O)c2ccc(C(=O)NNC(=O)c3cc(C)[nH]n3)cc2)n[nH]1. The molecule has 6 N–H and O–H groups in total. The Morgan fingerprint density at radius 3 is 1.27 bits per heavy atom. The lowest BCUT2D eigenvalue weighted by Gasteiger charge is -2.08. The van der Waals surface area contributed by atoms with E-state index in [-0.39, 0.29) is 22.5 Å². The topological polar surface area (TPSA) is 174 Å². The molecule has 0 unspecified atom stereocenters. The van der Waals surface area contributed by atoms with Gasteiger partial charge in [-0.2, -0.15) is 10.2 Å². The van der Waals surface area contributed by atoms with Crippen molar-refractivity contribution in [3.8, 4) is 0 Å². The Morgan fingerprint density at radius 1 is 0.633 bits per heavy atom. The number of benzene rings is 1. The van der Waals surface area contributed by atoms with Crippen LogP contribution in [-0.2, 0) is 0 Å². The Kier molecular flexibility index (Phi) is 5.86. The number of nitrogens with one attached hydrogen (secondary N) is 6. The molecule has 0 bridgehead atoms. The van der Waals surface area contributed by atoms with Gasteiger partial charge in [-0.1, -0.05) is 0 Å². The van der Waals surface area contributed by atoms with Gasteiger partial charge in [-0.05, 0) is 50.2 Å². The number of H-pyrrole nitrogens is 2. The molecule has 30 heavy (non-hydrogen) atoms. The summed E-state index contributed by atoms with van der Waals surface area (Å²) in [5, 5.41) is 12.8. The van der Waals surface area contributed by atoms with E-state index in [0.717, 1.165) is 0 Å². The van der Waals surface area contributed by atoms with Crippen molar-refractivity contribution in [2.24, 2.45) is 0 Å². The zero-order valence-electron chi connectivity index (χ0n) is 16.0. The summed E-state index contributed by atoms with van der Waals surface area (Å²) >= 11 is 0. The predicted molar refractivity (Wildman–Crippen MR) is 103 cm³/mol. The van der Waals surface area contributed by atoms with Crippen LogP contribution in [0, 0.1) is 13.8 Å². The number of carbonyl (C=O) groups is 4. The molecule has 154 valence electrons. The van der Waals surface area contributed by atoms with Gasteiger partial charge in [-0.3, -0.25) is 51.1 Å². The van der Waals surface area contributed by atoms with Crippen molar-refractivity contribution < 1.29 is 19.2 Å². The second kappa shape index (κ2) is 8.68. The van der Waals surface area contributed by atoms with Gasteiger partial charge in [-0.15, -0.1) is 0 Å². The van der Waals surface area contributed by atoms with E-state index < -0.39 is 23.6 Å². The van der Waals surface area contributed by atoms with Crippen LogP contribution >= 0.6 is 0 Å². The first-order valence-electron chi connectivity index (χ1n) is 8.69. The van der Waals surface area contributed by atoms with Gasteiger partial charge in [0.2, 0.25) is 0 Å². The fourth-order valence-corrected chi connectivity index (χ4v) is 2.34.